The zero-order valence-electron chi connectivity index (χ0n) is 4.57. The van der Waals surface area contributed by atoms with E-state index in [1.165, 1.54) is 12.2 Å². The van der Waals surface area contributed by atoms with Gasteiger partial charge in [0.1, 0.15) is 0 Å². The minimum absolute atomic E-state index is 0.0936. The van der Waals surface area contributed by atoms with Gasteiger partial charge in [0.2, 0.25) is 12.2 Å². The van der Waals surface area contributed by atoms with E-state index in [2.05, 4.69) is 9.98 Å². The molecule has 0 heterocycles. The molecule has 1 aliphatic carbocycles. The van der Waals surface area contributed by atoms with Crippen LogP contribution in [0.1, 0.15) is 6.42 Å². The minimum Gasteiger partial charge on any atom is -0.211 e. The predicted octanol–water partition coefficient (Wildman–Crippen LogP) is -0.201. The van der Waals surface area contributed by atoms with Crippen molar-refractivity contribution in [1.82, 2.24) is 0 Å². The molecule has 0 aromatic heterocycles. The zero-order valence-corrected chi connectivity index (χ0v) is 4.57. The third kappa shape index (κ3) is 1.32. The highest BCUT2D eigenvalue weighted by molar-refractivity contribution is 5.38. The molecule has 2 atom stereocenters. The van der Waals surface area contributed by atoms with Gasteiger partial charge in [-0.05, 0) is 6.42 Å². The van der Waals surface area contributed by atoms with Crippen LogP contribution in [0.25, 0.3) is 0 Å². The molecule has 0 bridgehead atoms. The number of hydrogen-bond donors (Lipinski definition) is 0. The molecule has 0 aliphatic heterocycles. The molecular weight excluding hydrogens is 120 g/mol. The van der Waals surface area contributed by atoms with Gasteiger partial charge < -0.3 is 0 Å². The van der Waals surface area contributed by atoms with Crippen LogP contribution in [-0.4, -0.2) is 24.2 Å². The van der Waals surface area contributed by atoms with Crippen molar-refractivity contribution in [3.8, 4) is 0 Å². The molecule has 0 saturated heterocycles. The fourth-order valence-corrected chi connectivity index (χ4v) is 0.582. The number of nitrogens with zero attached hydrogens (tertiary/aromatic N) is 2. The topological polar surface area (TPSA) is 58.9 Å². The number of rotatable bonds is 2. The molecule has 1 fully saturated rings. The van der Waals surface area contributed by atoms with Gasteiger partial charge in [-0.1, -0.05) is 0 Å². The molecule has 0 aromatic rings. The Bertz CT molecular complexity index is 179. The summed E-state index contributed by atoms with van der Waals surface area (Å²) in [7, 11) is 0. The first-order chi connectivity index (χ1) is 4.38. The number of aliphatic imine (C=N–C) groups is 2. The molecule has 4 heteroatoms. The van der Waals surface area contributed by atoms with Gasteiger partial charge in [0.15, 0.2) is 0 Å². The first-order valence-corrected chi connectivity index (χ1v) is 2.52. The summed E-state index contributed by atoms with van der Waals surface area (Å²) in [5.41, 5.74) is 0. The highest BCUT2D eigenvalue weighted by atomic mass is 16.1. The van der Waals surface area contributed by atoms with Crippen LogP contribution in [0.3, 0.4) is 0 Å². The lowest BCUT2D eigenvalue weighted by Crippen LogP contribution is -1.83. The summed E-state index contributed by atoms with van der Waals surface area (Å²) >= 11 is 0. The highest BCUT2D eigenvalue weighted by Gasteiger charge is 2.37. The molecule has 1 rings (SSSR count). The molecule has 0 radical (unpaired) electrons. The van der Waals surface area contributed by atoms with Crippen LogP contribution in [0.5, 0.6) is 0 Å². The fraction of sp³-hybridized carbons (Fsp3) is 0.600. The summed E-state index contributed by atoms with van der Waals surface area (Å²) in [6.45, 7) is 0. The normalized spacial score (nSPS) is 29.8. The quantitative estimate of drug-likeness (QED) is 0.378. The van der Waals surface area contributed by atoms with E-state index in [4.69, 9.17) is 0 Å². The van der Waals surface area contributed by atoms with Gasteiger partial charge in [-0.2, -0.15) is 0 Å². The van der Waals surface area contributed by atoms with Crippen molar-refractivity contribution in [2.45, 2.75) is 18.5 Å². The molecule has 0 aromatic carbocycles. The smallest absolute Gasteiger partial charge is 0.211 e. The Morgan fingerprint density at radius 2 is 1.56 bits per heavy atom. The van der Waals surface area contributed by atoms with E-state index < -0.39 is 0 Å². The predicted molar refractivity (Wildman–Crippen MR) is 28.4 cm³/mol. The van der Waals surface area contributed by atoms with E-state index in [0.29, 0.717) is 6.42 Å². The van der Waals surface area contributed by atoms with E-state index in [0.717, 1.165) is 0 Å². The lowest BCUT2D eigenvalue weighted by molar-refractivity contribution is 0.559. The van der Waals surface area contributed by atoms with Crippen LogP contribution in [0.4, 0.5) is 0 Å². The van der Waals surface area contributed by atoms with Crippen LogP contribution in [-0.2, 0) is 9.59 Å². The van der Waals surface area contributed by atoms with Crippen molar-refractivity contribution >= 4 is 12.2 Å². The van der Waals surface area contributed by atoms with Crippen LogP contribution in [0.15, 0.2) is 9.98 Å². The van der Waals surface area contributed by atoms with Crippen molar-refractivity contribution in [2.75, 3.05) is 0 Å². The summed E-state index contributed by atoms with van der Waals surface area (Å²) in [6.07, 6.45) is 3.49. The molecule has 9 heavy (non-hydrogen) atoms. The number of hydrogen-bond acceptors (Lipinski definition) is 4. The minimum atomic E-state index is -0.0936. The van der Waals surface area contributed by atoms with Crippen molar-refractivity contribution in [2.24, 2.45) is 9.98 Å². The maximum absolute atomic E-state index is 9.57. The summed E-state index contributed by atoms with van der Waals surface area (Å²) in [5.74, 6) is 0. The molecule has 4 nitrogen and oxygen atoms in total. The van der Waals surface area contributed by atoms with Crippen molar-refractivity contribution < 1.29 is 9.59 Å². The Balaban J connectivity index is 2.41. The largest absolute Gasteiger partial charge is 0.235 e. The van der Waals surface area contributed by atoms with E-state index in [1.54, 1.807) is 0 Å². The summed E-state index contributed by atoms with van der Waals surface area (Å²) in [4.78, 5) is 25.9. The monoisotopic (exact) mass is 124 g/mol. The van der Waals surface area contributed by atoms with Crippen LogP contribution < -0.4 is 0 Å². The van der Waals surface area contributed by atoms with Crippen molar-refractivity contribution in [3.05, 3.63) is 0 Å². The second-order valence-corrected chi connectivity index (χ2v) is 1.81. The van der Waals surface area contributed by atoms with Crippen LogP contribution >= 0.6 is 0 Å². The van der Waals surface area contributed by atoms with Gasteiger partial charge in [0.25, 0.3) is 0 Å². The Hall–Kier alpha value is -1.24. The Morgan fingerprint density at radius 1 is 1.11 bits per heavy atom. The first-order valence-electron chi connectivity index (χ1n) is 2.52. The lowest BCUT2D eigenvalue weighted by Gasteiger charge is -1.73. The average Bonchev–Trinajstić information content (AvgIpc) is 2.50. The van der Waals surface area contributed by atoms with Crippen molar-refractivity contribution in [3.63, 3.8) is 0 Å². The van der Waals surface area contributed by atoms with Gasteiger partial charge >= 0.3 is 0 Å². The maximum atomic E-state index is 9.57. The number of isocyanates is 2. The van der Waals surface area contributed by atoms with E-state index in [1.807, 2.05) is 0 Å². The second kappa shape index (κ2) is 2.35. The Morgan fingerprint density at radius 3 is 1.89 bits per heavy atom. The number of carbonyl (C=O) groups excluding carboxylic acids is 2. The zero-order chi connectivity index (χ0) is 6.69. The maximum Gasteiger partial charge on any atom is 0.235 e. The summed E-state index contributed by atoms with van der Waals surface area (Å²) < 4.78 is 0. The van der Waals surface area contributed by atoms with Crippen molar-refractivity contribution in [1.29, 1.82) is 0 Å². The molecule has 0 N–H and O–H groups in total. The standard InChI is InChI=1S/C5H4N2O2/c8-2-6-4-1-5(4)7-3-9/h4-5H,1H2/t4-,5-/m0/s1. The molecular formula is C5H4N2O2. The van der Waals surface area contributed by atoms with Gasteiger partial charge in [-0.3, -0.25) is 0 Å². The summed E-state index contributed by atoms with van der Waals surface area (Å²) in [6, 6.07) is -0.187. The van der Waals surface area contributed by atoms with Gasteiger partial charge in [-0.15, -0.1) is 0 Å². The molecule has 46 valence electrons. The summed E-state index contributed by atoms with van der Waals surface area (Å²) in [5, 5.41) is 0. The SMILES string of the molecule is O=C=N[C@H]1C[C@@H]1N=C=O. The molecule has 0 spiro atoms. The van der Waals surface area contributed by atoms with Gasteiger partial charge in [0.05, 0.1) is 12.1 Å². The molecule has 0 unspecified atom stereocenters. The molecule has 1 saturated carbocycles. The van der Waals surface area contributed by atoms with Gasteiger partial charge in [-0.25, -0.2) is 19.6 Å². The first kappa shape index (κ1) is 5.89. The third-order valence-corrected chi connectivity index (χ3v) is 1.16. The van der Waals surface area contributed by atoms with E-state index >= 15 is 0 Å². The van der Waals surface area contributed by atoms with Gasteiger partial charge in [0, 0.05) is 0 Å². The second-order valence-electron chi connectivity index (χ2n) is 1.81. The van der Waals surface area contributed by atoms with Crippen LogP contribution in [0, 0.1) is 0 Å². The fourth-order valence-electron chi connectivity index (χ4n) is 0.582. The lowest BCUT2D eigenvalue weighted by atomic mass is 10.7. The average molecular weight is 124 g/mol. The van der Waals surface area contributed by atoms with E-state index in [-0.39, 0.29) is 12.1 Å². The highest BCUT2D eigenvalue weighted by Crippen LogP contribution is 2.27. The molecule has 1 aliphatic rings. The Kier molecular flexibility index (Phi) is 1.54. The van der Waals surface area contributed by atoms with Crippen LogP contribution in [0.2, 0.25) is 0 Å². The third-order valence-electron chi connectivity index (χ3n) is 1.16. The molecule has 0 amide bonds. The Labute approximate surface area is 51.3 Å². The van der Waals surface area contributed by atoms with E-state index in [9.17, 15) is 9.59 Å².